The third-order valence-electron chi connectivity index (χ3n) is 2.35. The van der Waals surface area contributed by atoms with Crippen molar-refractivity contribution in [2.75, 3.05) is 6.61 Å². The number of hydrogen-bond acceptors (Lipinski definition) is 3. The first kappa shape index (κ1) is 6.16. The van der Waals surface area contributed by atoms with E-state index in [1.54, 1.807) is 0 Å². The maximum atomic E-state index is 8.80. The van der Waals surface area contributed by atoms with Crippen molar-refractivity contribution in [3.05, 3.63) is 0 Å². The van der Waals surface area contributed by atoms with Crippen LogP contribution in [0.3, 0.4) is 0 Å². The van der Waals surface area contributed by atoms with Crippen molar-refractivity contribution in [3.8, 4) is 0 Å². The van der Waals surface area contributed by atoms with Gasteiger partial charge in [0, 0.05) is 5.92 Å². The molecule has 3 heteroatoms. The van der Waals surface area contributed by atoms with Gasteiger partial charge in [0.25, 0.3) is 0 Å². The minimum Gasteiger partial charge on any atom is -0.392 e. The van der Waals surface area contributed by atoms with Gasteiger partial charge in [0.05, 0.1) is 12.3 Å². The molecule has 2 atom stereocenters. The fraction of sp³-hybridized carbons (Fsp3) is 0.857. The van der Waals surface area contributed by atoms with Crippen LogP contribution in [0.15, 0.2) is 5.16 Å². The van der Waals surface area contributed by atoms with Gasteiger partial charge in [-0.3, -0.25) is 0 Å². The van der Waals surface area contributed by atoms with E-state index >= 15 is 0 Å². The summed E-state index contributed by atoms with van der Waals surface area (Å²) in [6, 6.07) is 0. The Morgan fingerprint density at radius 3 is 3.30 bits per heavy atom. The monoisotopic (exact) mass is 141 g/mol. The third-order valence-corrected chi connectivity index (χ3v) is 2.35. The zero-order chi connectivity index (χ0) is 6.97. The molecule has 10 heavy (non-hydrogen) atoms. The smallest absolute Gasteiger partial charge is 0.135 e. The van der Waals surface area contributed by atoms with Gasteiger partial charge in [-0.05, 0) is 19.3 Å². The highest BCUT2D eigenvalue weighted by atomic mass is 16.6. The zero-order valence-corrected chi connectivity index (χ0v) is 5.79. The Bertz CT molecular complexity index is 167. The van der Waals surface area contributed by atoms with Crippen molar-refractivity contribution >= 4 is 5.71 Å². The van der Waals surface area contributed by atoms with E-state index in [4.69, 9.17) is 9.94 Å². The molecule has 0 bridgehead atoms. The number of aliphatic hydroxyl groups is 1. The zero-order valence-electron chi connectivity index (χ0n) is 5.79. The van der Waals surface area contributed by atoms with Crippen LogP contribution in [-0.2, 0) is 4.84 Å². The first-order chi connectivity index (χ1) is 4.92. The summed E-state index contributed by atoms with van der Waals surface area (Å²) in [6.07, 6.45) is 3.76. The first-order valence-corrected chi connectivity index (χ1v) is 3.75. The van der Waals surface area contributed by atoms with E-state index in [1.165, 1.54) is 6.42 Å². The second-order valence-corrected chi connectivity index (χ2v) is 2.92. The van der Waals surface area contributed by atoms with Gasteiger partial charge in [-0.1, -0.05) is 5.16 Å². The molecular formula is C7H11NO2. The molecule has 0 aromatic heterocycles. The van der Waals surface area contributed by atoms with Crippen molar-refractivity contribution in [1.29, 1.82) is 0 Å². The summed E-state index contributed by atoms with van der Waals surface area (Å²) in [5, 5.41) is 12.6. The molecule has 0 amide bonds. The highest BCUT2D eigenvalue weighted by Crippen LogP contribution is 2.33. The molecule has 1 heterocycles. The number of oxime groups is 1. The van der Waals surface area contributed by atoms with Gasteiger partial charge in [0.15, 0.2) is 0 Å². The van der Waals surface area contributed by atoms with Crippen molar-refractivity contribution in [2.45, 2.75) is 25.4 Å². The molecule has 3 nitrogen and oxygen atoms in total. The van der Waals surface area contributed by atoms with Gasteiger partial charge in [0.1, 0.15) is 6.10 Å². The molecule has 2 unspecified atom stereocenters. The molecule has 0 spiro atoms. The summed E-state index contributed by atoms with van der Waals surface area (Å²) < 4.78 is 0. The van der Waals surface area contributed by atoms with Crippen LogP contribution in [0.25, 0.3) is 0 Å². The van der Waals surface area contributed by atoms with Gasteiger partial charge in [0.2, 0.25) is 0 Å². The van der Waals surface area contributed by atoms with Gasteiger partial charge >= 0.3 is 0 Å². The van der Waals surface area contributed by atoms with Crippen molar-refractivity contribution in [3.63, 3.8) is 0 Å². The molecule has 2 aliphatic rings. The predicted octanol–water partition coefficient (Wildman–Crippen LogP) is 0.534. The number of rotatable bonds is 1. The van der Waals surface area contributed by atoms with Crippen LogP contribution in [0, 0.1) is 5.92 Å². The largest absolute Gasteiger partial charge is 0.392 e. The van der Waals surface area contributed by atoms with Crippen LogP contribution in [0.4, 0.5) is 0 Å². The second kappa shape index (κ2) is 2.23. The van der Waals surface area contributed by atoms with E-state index in [2.05, 4.69) is 5.16 Å². The van der Waals surface area contributed by atoms with Gasteiger partial charge in [-0.2, -0.15) is 0 Å². The van der Waals surface area contributed by atoms with Crippen molar-refractivity contribution < 1.29 is 9.94 Å². The van der Waals surface area contributed by atoms with E-state index in [9.17, 15) is 0 Å². The lowest BCUT2D eigenvalue weighted by atomic mass is 10.0. The molecule has 0 saturated heterocycles. The molecule has 1 N–H and O–H groups in total. The minimum absolute atomic E-state index is 0.0706. The van der Waals surface area contributed by atoms with Gasteiger partial charge < -0.3 is 9.94 Å². The fourth-order valence-electron chi connectivity index (χ4n) is 1.78. The Morgan fingerprint density at radius 1 is 1.60 bits per heavy atom. The van der Waals surface area contributed by atoms with Crippen LogP contribution in [0.2, 0.25) is 0 Å². The molecule has 0 aromatic carbocycles. The van der Waals surface area contributed by atoms with E-state index in [0.29, 0.717) is 12.0 Å². The normalized spacial score (nSPS) is 37.1. The maximum Gasteiger partial charge on any atom is 0.135 e. The number of hydrogen-bond donors (Lipinski definition) is 1. The maximum absolute atomic E-state index is 8.80. The fourth-order valence-corrected chi connectivity index (χ4v) is 1.78. The van der Waals surface area contributed by atoms with E-state index in [1.807, 2.05) is 0 Å². The average molecular weight is 141 g/mol. The van der Waals surface area contributed by atoms with E-state index in [0.717, 1.165) is 18.6 Å². The highest BCUT2D eigenvalue weighted by molar-refractivity contribution is 5.89. The minimum atomic E-state index is 0.0706. The molecule has 2 rings (SSSR count). The summed E-state index contributed by atoms with van der Waals surface area (Å²) in [5.41, 5.74) is 0.850. The SMILES string of the molecule is OCC1=NOC2CCCC12. The Labute approximate surface area is 59.7 Å². The quantitative estimate of drug-likeness (QED) is 0.579. The molecular weight excluding hydrogens is 130 g/mol. The summed E-state index contributed by atoms with van der Waals surface area (Å²) in [4.78, 5) is 5.11. The molecule has 0 aromatic rings. The van der Waals surface area contributed by atoms with Crippen LogP contribution < -0.4 is 0 Å². The summed E-state index contributed by atoms with van der Waals surface area (Å²) in [7, 11) is 0. The Balaban J connectivity index is 2.10. The van der Waals surface area contributed by atoms with Gasteiger partial charge in [-0.25, -0.2) is 0 Å². The lowest BCUT2D eigenvalue weighted by molar-refractivity contribution is 0.0746. The van der Waals surface area contributed by atoms with Crippen LogP contribution >= 0.6 is 0 Å². The standard InChI is InChI=1S/C7H11NO2/c9-4-6-5-2-1-3-7(5)10-8-6/h5,7,9H,1-4H2. The molecule has 1 aliphatic heterocycles. The summed E-state index contributed by atoms with van der Waals surface area (Å²) in [5.74, 6) is 0.435. The summed E-state index contributed by atoms with van der Waals surface area (Å²) in [6.45, 7) is 0.0706. The molecule has 0 radical (unpaired) electrons. The Hall–Kier alpha value is -0.570. The second-order valence-electron chi connectivity index (χ2n) is 2.92. The van der Waals surface area contributed by atoms with Crippen LogP contribution in [-0.4, -0.2) is 23.5 Å². The Kier molecular flexibility index (Phi) is 1.38. The molecule has 1 saturated carbocycles. The number of fused-ring (bicyclic) bond motifs is 1. The van der Waals surface area contributed by atoms with Crippen LogP contribution in [0.5, 0.6) is 0 Å². The lowest BCUT2D eigenvalue weighted by Gasteiger charge is -2.05. The lowest BCUT2D eigenvalue weighted by Crippen LogP contribution is -2.19. The van der Waals surface area contributed by atoms with E-state index in [-0.39, 0.29) is 6.61 Å². The van der Waals surface area contributed by atoms with Crippen LogP contribution in [0.1, 0.15) is 19.3 Å². The molecule has 1 fully saturated rings. The average Bonchev–Trinajstić information content (AvgIpc) is 2.44. The predicted molar refractivity (Wildman–Crippen MR) is 36.7 cm³/mol. The van der Waals surface area contributed by atoms with E-state index < -0.39 is 0 Å². The third kappa shape index (κ3) is 0.736. The molecule has 56 valence electrons. The summed E-state index contributed by atoms with van der Waals surface area (Å²) >= 11 is 0. The van der Waals surface area contributed by atoms with Gasteiger partial charge in [-0.15, -0.1) is 0 Å². The Morgan fingerprint density at radius 2 is 2.50 bits per heavy atom. The number of nitrogens with zero attached hydrogens (tertiary/aromatic N) is 1. The molecule has 1 aliphatic carbocycles. The van der Waals surface area contributed by atoms with Crippen molar-refractivity contribution in [1.82, 2.24) is 0 Å². The highest BCUT2D eigenvalue weighted by Gasteiger charge is 2.37. The van der Waals surface area contributed by atoms with Crippen molar-refractivity contribution in [2.24, 2.45) is 11.1 Å². The number of aliphatic hydroxyl groups excluding tert-OH is 1. The topological polar surface area (TPSA) is 41.8 Å². The first-order valence-electron chi connectivity index (χ1n) is 3.75.